The number of amides is 1. The first-order valence-electron chi connectivity index (χ1n) is 9.31. The highest BCUT2D eigenvalue weighted by molar-refractivity contribution is 6.02. The van der Waals surface area contributed by atoms with E-state index >= 15 is 0 Å². The van der Waals surface area contributed by atoms with E-state index in [1.807, 2.05) is 50.2 Å². The number of aromatic nitrogens is 2. The molecule has 3 aromatic rings. The molecule has 2 N–H and O–H groups in total. The van der Waals surface area contributed by atoms with Gasteiger partial charge in [-0.25, -0.2) is 9.97 Å². The van der Waals surface area contributed by atoms with Gasteiger partial charge in [0.05, 0.1) is 13.2 Å². The van der Waals surface area contributed by atoms with Gasteiger partial charge < -0.3 is 20.1 Å². The second kappa shape index (κ2) is 9.54. The smallest absolute Gasteiger partial charge is 0.274 e. The fourth-order valence-electron chi connectivity index (χ4n) is 2.58. The molecule has 3 rings (SSSR count). The van der Waals surface area contributed by atoms with Crippen molar-refractivity contribution in [2.75, 3.05) is 17.7 Å². The van der Waals surface area contributed by atoms with E-state index in [1.54, 1.807) is 31.5 Å². The quantitative estimate of drug-likeness (QED) is 0.599. The highest BCUT2D eigenvalue weighted by Crippen LogP contribution is 2.18. The van der Waals surface area contributed by atoms with E-state index in [0.717, 1.165) is 17.1 Å². The molecule has 2 aromatic carbocycles. The molecule has 0 saturated carbocycles. The summed E-state index contributed by atoms with van der Waals surface area (Å²) in [5, 5.41) is 5.95. The van der Waals surface area contributed by atoms with Crippen LogP contribution in [0, 0.1) is 0 Å². The van der Waals surface area contributed by atoms with Crippen molar-refractivity contribution in [1.29, 1.82) is 0 Å². The fraction of sp³-hybridized carbons (Fsp3) is 0.227. The van der Waals surface area contributed by atoms with Crippen molar-refractivity contribution in [2.45, 2.75) is 26.5 Å². The normalized spacial score (nSPS) is 10.5. The minimum absolute atomic E-state index is 0.0975. The molecule has 0 fully saturated rings. The predicted molar refractivity (Wildman–Crippen MR) is 113 cm³/mol. The SMILES string of the molecule is COc1ccc(CNc2nccc(C(=O)Nc3ccc(OC(C)C)cc3)n2)cc1. The summed E-state index contributed by atoms with van der Waals surface area (Å²) in [7, 11) is 1.63. The number of nitrogens with one attached hydrogen (secondary N) is 2. The van der Waals surface area contributed by atoms with Crippen molar-refractivity contribution < 1.29 is 14.3 Å². The number of carbonyl (C=O) groups is 1. The Morgan fingerprint density at radius 3 is 2.34 bits per heavy atom. The predicted octanol–water partition coefficient (Wildman–Crippen LogP) is 4.14. The number of rotatable bonds is 8. The molecule has 0 aliphatic carbocycles. The van der Waals surface area contributed by atoms with Gasteiger partial charge in [-0.1, -0.05) is 12.1 Å². The summed E-state index contributed by atoms with van der Waals surface area (Å²) in [6.07, 6.45) is 1.65. The average Bonchev–Trinajstić information content (AvgIpc) is 2.74. The van der Waals surface area contributed by atoms with Crippen LogP contribution in [-0.2, 0) is 6.54 Å². The van der Waals surface area contributed by atoms with Crippen LogP contribution in [0.5, 0.6) is 11.5 Å². The maximum absolute atomic E-state index is 12.5. The molecule has 1 heterocycles. The lowest BCUT2D eigenvalue weighted by molar-refractivity contribution is 0.102. The van der Waals surface area contributed by atoms with Gasteiger partial charge >= 0.3 is 0 Å². The highest BCUT2D eigenvalue weighted by atomic mass is 16.5. The maximum atomic E-state index is 12.5. The summed E-state index contributed by atoms with van der Waals surface area (Å²) >= 11 is 0. The summed E-state index contributed by atoms with van der Waals surface area (Å²) < 4.78 is 10.8. The van der Waals surface area contributed by atoms with E-state index in [2.05, 4.69) is 20.6 Å². The largest absolute Gasteiger partial charge is 0.497 e. The van der Waals surface area contributed by atoms with Crippen LogP contribution >= 0.6 is 0 Å². The van der Waals surface area contributed by atoms with Gasteiger partial charge in [-0.05, 0) is 61.9 Å². The van der Waals surface area contributed by atoms with Crippen LogP contribution in [0.2, 0.25) is 0 Å². The van der Waals surface area contributed by atoms with Crippen molar-refractivity contribution >= 4 is 17.5 Å². The van der Waals surface area contributed by atoms with Gasteiger partial charge in [0.2, 0.25) is 5.95 Å². The van der Waals surface area contributed by atoms with Gasteiger partial charge in [-0.2, -0.15) is 0 Å². The van der Waals surface area contributed by atoms with Crippen molar-refractivity contribution in [3.63, 3.8) is 0 Å². The van der Waals surface area contributed by atoms with Crippen LogP contribution in [-0.4, -0.2) is 29.1 Å². The van der Waals surface area contributed by atoms with Crippen LogP contribution in [0.3, 0.4) is 0 Å². The molecule has 1 aromatic heterocycles. The first-order valence-corrected chi connectivity index (χ1v) is 9.31. The van der Waals surface area contributed by atoms with Crippen LogP contribution in [0.1, 0.15) is 29.9 Å². The van der Waals surface area contributed by atoms with Gasteiger partial charge in [0.1, 0.15) is 17.2 Å². The highest BCUT2D eigenvalue weighted by Gasteiger charge is 2.10. The van der Waals surface area contributed by atoms with Crippen LogP contribution in [0.25, 0.3) is 0 Å². The molecular weight excluding hydrogens is 368 g/mol. The zero-order valence-corrected chi connectivity index (χ0v) is 16.7. The number of ether oxygens (including phenoxy) is 2. The molecular formula is C22H24N4O3. The number of nitrogens with zero attached hydrogens (tertiary/aromatic N) is 2. The van der Waals surface area contributed by atoms with E-state index in [4.69, 9.17) is 9.47 Å². The number of carbonyl (C=O) groups excluding carboxylic acids is 1. The Morgan fingerprint density at radius 2 is 1.69 bits per heavy atom. The molecule has 0 atom stereocenters. The van der Waals surface area contributed by atoms with Gasteiger partial charge in [0.15, 0.2) is 0 Å². The Morgan fingerprint density at radius 1 is 1.00 bits per heavy atom. The topological polar surface area (TPSA) is 85.4 Å². The second-order valence-electron chi connectivity index (χ2n) is 6.61. The van der Waals surface area contributed by atoms with Crippen LogP contribution in [0.4, 0.5) is 11.6 Å². The number of methoxy groups -OCH3 is 1. The molecule has 7 nitrogen and oxygen atoms in total. The van der Waals surface area contributed by atoms with E-state index in [-0.39, 0.29) is 17.7 Å². The number of hydrogen-bond acceptors (Lipinski definition) is 6. The summed E-state index contributed by atoms with van der Waals surface area (Å²) in [5.74, 6) is 1.63. The van der Waals surface area contributed by atoms with Gasteiger partial charge in [0.25, 0.3) is 5.91 Å². The third kappa shape index (κ3) is 5.93. The van der Waals surface area contributed by atoms with E-state index in [0.29, 0.717) is 18.2 Å². The molecule has 0 aliphatic heterocycles. The first-order chi connectivity index (χ1) is 14.0. The fourth-order valence-corrected chi connectivity index (χ4v) is 2.58. The molecule has 0 radical (unpaired) electrons. The molecule has 150 valence electrons. The monoisotopic (exact) mass is 392 g/mol. The van der Waals surface area contributed by atoms with Gasteiger partial charge in [-0.15, -0.1) is 0 Å². The number of hydrogen-bond donors (Lipinski definition) is 2. The Kier molecular flexibility index (Phi) is 6.63. The second-order valence-corrected chi connectivity index (χ2v) is 6.61. The Balaban J connectivity index is 1.59. The minimum Gasteiger partial charge on any atom is -0.497 e. The van der Waals surface area contributed by atoms with Crippen molar-refractivity contribution in [2.24, 2.45) is 0 Å². The van der Waals surface area contributed by atoms with Crippen LogP contribution < -0.4 is 20.1 Å². The summed E-state index contributed by atoms with van der Waals surface area (Å²) in [6.45, 7) is 4.46. The number of benzene rings is 2. The summed E-state index contributed by atoms with van der Waals surface area (Å²) in [4.78, 5) is 21.0. The van der Waals surface area contributed by atoms with Crippen molar-refractivity contribution in [3.8, 4) is 11.5 Å². The third-order valence-corrected chi connectivity index (χ3v) is 3.98. The van der Waals surface area contributed by atoms with Crippen molar-refractivity contribution in [3.05, 3.63) is 72.1 Å². The number of anilines is 2. The average molecular weight is 392 g/mol. The lowest BCUT2D eigenvalue weighted by Crippen LogP contribution is -2.15. The zero-order chi connectivity index (χ0) is 20.6. The third-order valence-electron chi connectivity index (χ3n) is 3.98. The molecule has 0 unspecified atom stereocenters. The lowest BCUT2D eigenvalue weighted by Gasteiger charge is -2.11. The van der Waals surface area contributed by atoms with Gasteiger partial charge in [0, 0.05) is 18.4 Å². The van der Waals surface area contributed by atoms with Crippen molar-refractivity contribution in [1.82, 2.24) is 9.97 Å². The Labute approximate surface area is 170 Å². The Bertz CT molecular complexity index is 941. The molecule has 7 heteroatoms. The molecule has 0 saturated heterocycles. The molecule has 29 heavy (non-hydrogen) atoms. The minimum atomic E-state index is -0.308. The molecule has 0 spiro atoms. The van der Waals surface area contributed by atoms with E-state index < -0.39 is 0 Å². The van der Waals surface area contributed by atoms with E-state index in [9.17, 15) is 4.79 Å². The Hall–Kier alpha value is -3.61. The summed E-state index contributed by atoms with van der Waals surface area (Å²) in [6, 6.07) is 16.5. The van der Waals surface area contributed by atoms with Gasteiger partial charge in [-0.3, -0.25) is 4.79 Å². The maximum Gasteiger partial charge on any atom is 0.274 e. The molecule has 1 amide bonds. The van der Waals surface area contributed by atoms with Crippen LogP contribution in [0.15, 0.2) is 60.8 Å². The lowest BCUT2D eigenvalue weighted by atomic mass is 10.2. The summed E-state index contributed by atoms with van der Waals surface area (Å²) in [5.41, 5.74) is 1.99. The molecule has 0 bridgehead atoms. The van der Waals surface area contributed by atoms with E-state index in [1.165, 1.54) is 0 Å². The first kappa shape index (κ1) is 20.1. The zero-order valence-electron chi connectivity index (χ0n) is 16.7. The standard InChI is InChI=1S/C22H24N4O3/c1-15(2)29-19-10-6-17(7-11-19)25-21(27)20-12-13-23-22(26-20)24-14-16-4-8-18(28-3)9-5-16/h4-13,15H,14H2,1-3H3,(H,25,27)(H,23,24,26). The molecule has 0 aliphatic rings.